The molecule has 0 saturated heterocycles. The third-order valence-corrected chi connectivity index (χ3v) is 2.75. The SMILES string of the molecule is CCOc1nc(Oc2cc(Cl)ccc2C)ccc1N. The zero-order chi connectivity index (χ0) is 13.8. The van der Waals surface area contributed by atoms with E-state index in [1.807, 2.05) is 26.0 Å². The second kappa shape index (κ2) is 5.80. The fraction of sp³-hybridized carbons (Fsp3) is 0.214. The number of aromatic nitrogens is 1. The van der Waals surface area contributed by atoms with Crippen LogP contribution in [0.1, 0.15) is 12.5 Å². The Balaban J connectivity index is 2.28. The molecule has 0 amide bonds. The van der Waals surface area contributed by atoms with Crippen molar-refractivity contribution in [3.63, 3.8) is 0 Å². The van der Waals surface area contributed by atoms with Crippen LogP contribution in [0.5, 0.6) is 17.5 Å². The second-order valence-electron chi connectivity index (χ2n) is 3.99. The number of nitrogen functional groups attached to an aromatic ring is 1. The summed E-state index contributed by atoms with van der Waals surface area (Å²) in [7, 11) is 0. The van der Waals surface area contributed by atoms with Crippen molar-refractivity contribution in [2.24, 2.45) is 0 Å². The van der Waals surface area contributed by atoms with Crippen molar-refractivity contribution in [3.8, 4) is 17.5 Å². The fourth-order valence-corrected chi connectivity index (χ4v) is 1.70. The number of nitrogens with zero attached hydrogens (tertiary/aromatic N) is 1. The van der Waals surface area contributed by atoms with Gasteiger partial charge in [-0.3, -0.25) is 0 Å². The van der Waals surface area contributed by atoms with Gasteiger partial charge >= 0.3 is 0 Å². The molecule has 1 aromatic carbocycles. The summed E-state index contributed by atoms with van der Waals surface area (Å²) in [5.41, 5.74) is 7.22. The number of anilines is 1. The third-order valence-electron chi connectivity index (χ3n) is 2.51. The number of benzene rings is 1. The highest BCUT2D eigenvalue weighted by molar-refractivity contribution is 6.30. The molecule has 100 valence electrons. The van der Waals surface area contributed by atoms with Crippen LogP contribution >= 0.6 is 11.6 Å². The Kier molecular flexibility index (Phi) is 4.12. The van der Waals surface area contributed by atoms with Crippen molar-refractivity contribution in [2.45, 2.75) is 13.8 Å². The molecule has 0 bridgehead atoms. The predicted octanol–water partition coefficient (Wildman–Crippen LogP) is 3.82. The number of rotatable bonds is 4. The van der Waals surface area contributed by atoms with Gasteiger partial charge in [0.25, 0.3) is 0 Å². The highest BCUT2D eigenvalue weighted by Crippen LogP contribution is 2.29. The topological polar surface area (TPSA) is 57.4 Å². The molecule has 2 rings (SSSR count). The molecular weight excluding hydrogens is 264 g/mol. The van der Waals surface area contributed by atoms with Crippen LogP contribution in [0.4, 0.5) is 5.69 Å². The van der Waals surface area contributed by atoms with Crippen LogP contribution in [0, 0.1) is 6.92 Å². The second-order valence-corrected chi connectivity index (χ2v) is 4.43. The Morgan fingerprint density at radius 2 is 2.05 bits per heavy atom. The highest BCUT2D eigenvalue weighted by Gasteiger charge is 2.07. The molecule has 2 N–H and O–H groups in total. The normalized spacial score (nSPS) is 10.3. The summed E-state index contributed by atoms with van der Waals surface area (Å²) < 4.78 is 11.0. The Bertz CT molecular complexity index is 588. The summed E-state index contributed by atoms with van der Waals surface area (Å²) in [4.78, 5) is 4.22. The molecule has 0 unspecified atom stereocenters. The van der Waals surface area contributed by atoms with Gasteiger partial charge in [-0.25, -0.2) is 0 Å². The number of hydrogen-bond acceptors (Lipinski definition) is 4. The van der Waals surface area contributed by atoms with Gasteiger partial charge in [0, 0.05) is 11.1 Å². The van der Waals surface area contributed by atoms with Crippen molar-refractivity contribution >= 4 is 17.3 Å². The number of aryl methyl sites for hydroxylation is 1. The van der Waals surface area contributed by atoms with E-state index < -0.39 is 0 Å². The van der Waals surface area contributed by atoms with E-state index in [1.165, 1.54) is 0 Å². The highest BCUT2D eigenvalue weighted by atomic mass is 35.5. The smallest absolute Gasteiger partial charge is 0.240 e. The molecule has 0 aliphatic carbocycles. The maximum absolute atomic E-state index is 5.94. The molecule has 1 heterocycles. The van der Waals surface area contributed by atoms with Gasteiger partial charge in [0.05, 0.1) is 12.3 Å². The molecule has 0 aliphatic heterocycles. The van der Waals surface area contributed by atoms with Crippen molar-refractivity contribution in [1.29, 1.82) is 0 Å². The van der Waals surface area contributed by atoms with Crippen LogP contribution in [0.2, 0.25) is 5.02 Å². The summed E-state index contributed by atoms with van der Waals surface area (Å²) in [5.74, 6) is 1.45. The molecule has 0 aliphatic rings. The Morgan fingerprint density at radius 3 is 2.79 bits per heavy atom. The molecular formula is C14H15ClN2O2. The summed E-state index contributed by atoms with van der Waals surface area (Å²) >= 11 is 5.94. The third kappa shape index (κ3) is 3.29. The summed E-state index contributed by atoms with van der Waals surface area (Å²) in [5, 5.41) is 0.612. The molecule has 0 saturated carbocycles. The van der Waals surface area contributed by atoms with E-state index >= 15 is 0 Å². The van der Waals surface area contributed by atoms with Crippen LogP contribution in [-0.2, 0) is 0 Å². The molecule has 4 nitrogen and oxygen atoms in total. The number of nitrogens with two attached hydrogens (primary N) is 1. The van der Waals surface area contributed by atoms with Gasteiger partial charge < -0.3 is 15.2 Å². The van der Waals surface area contributed by atoms with E-state index in [1.54, 1.807) is 18.2 Å². The largest absolute Gasteiger partial charge is 0.476 e. The Morgan fingerprint density at radius 1 is 1.26 bits per heavy atom. The van der Waals surface area contributed by atoms with Crippen LogP contribution in [0.3, 0.4) is 0 Å². The van der Waals surface area contributed by atoms with E-state index in [0.717, 1.165) is 5.56 Å². The zero-order valence-corrected chi connectivity index (χ0v) is 11.6. The zero-order valence-electron chi connectivity index (χ0n) is 10.8. The van der Waals surface area contributed by atoms with Crippen molar-refractivity contribution < 1.29 is 9.47 Å². The van der Waals surface area contributed by atoms with Crippen LogP contribution in [-0.4, -0.2) is 11.6 Å². The molecule has 0 atom stereocenters. The first-order valence-electron chi connectivity index (χ1n) is 5.93. The van der Waals surface area contributed by atoms with Crippen molar-refractivity contribution in [3.05, 3.63) is 40.9 Å². The standard InChI is InChI=1S/C14H15ClN2O2/c1-3-18-14-11(16)6-7-13(17-14)19-12-8-10(15)5-4-9(12)2/h4-8H,3,16H2,1-2H3. The number of hydrogen-bond donors (Lipinski definition) is 1. The van der Waals surface area contributed by atoms with E-state index in [2.05, 4.69) is 4.98 Å². The quantitative estimate of drug-likeness (QED) is 0.924. The molecule has 0 spiro atoms. The van der Waals surface area contributed by atoms with Gasteiger partial charge in [0.15, 0.2) is 0 Å². The predicted molar refractivity (Wildman–Crippen MR) is 76.1 cm³/mol. The maximum Gasteiger partial charge on any atom is 0.240 e. The van der Waals surface area contributed by atoms with Gasteiger partial charge in [0.1, 0.15) is 5.75 Å². The lowest BCUT2D eigenvalue weighted by atomic mass is 10.2. The molecule has 2 aromatic rings. The maximum atomic E-state index is 5.94. The van der Waals surface area contributed by atoms with E-state index in [-0.39, 0.29) is 0 Å². The number of pyridine rings is 1. The van der Waals surface area contributed by atoms with Gasteiger partial charge in [-0.1, -0.05) is 17.7 Å². The average molecular weight is 279 g/mol. The molecule has 19 heavy (non-hydrogen) atoms. The summed E-state index contributed by atoms with van der Waals surface area (Å²) in [6.45, 7) is 4.30. The minimum atomic E-state index is 0.375. The first kappa shape index (κ1) is 13.5. The molecule has 5 heteroatoms. The average Bonchev–Trinajstić information content (AvgIpc) is 2.38. The minimum absolute atomic E-state index is 0.375. The molecule has 1 aromatic heterocycles. The molecule has 0 radical (unpaired) electrons. The van der Waals surface area contributed by atoms with Gasteiger partial charge in [-0.15, -0.1) is 0 Å². The van der Waals surface area contributed by atoms with Gasteiger partial charge in [-0.2, -0.15) is 4.98 Å². The summed E-state index contributed by atoms with van der Waals surface area (Å²) in [6, 6.07) is 8.84. The van der Waals surface area contributed by atoms with Crippen molar-refractivity contribution in [1.82, 2.24) is 4.98 Å². The minimum Gasteiger partial charge on any atom is -0.476 e. The first-order valence-corrected chi connectivity index (χ1v) is 6.31. The van der Waals surface area contributed by atoms with Crippen LogP contribution in [0.25, 0.3) is 0 Å². The fourth-order valence-electron chi connectivity index (χ4n) is 1.54. The monoisotopic (exact) mass is 278 g/mol. The first-order chi connectivity index (χ1) is 9.10. The number of ether oxygens (including phenoxy) is 2. The lowest BCUT2D eigenvalue weighted by Crippen LogP contribution is -2.00. The number of halogens is 1. The van der Waals surface area contributed by atoms with E-state index in [9.17, 15) is 0 Å². The lowest BCUT2D eigenvalue weighted by molar-refractivity contribution is 0.323. The van der Waals surface area contributed by atoms with Crippen LogP contribution < -0.4 is 15.2 Å². The lowest BCUT2D eigenvalue weighted by Gasteiger charge is -2.10. The van der Waals surface area contributed by atoms with E-state index in [4.69, 9.17) is 26.8 Å². The Labute approximate surface area is 117 Å². The van der Waals surface area contributed by atoms with Gasteiger partial charge in [0.2, 0.25) is 11.8 Å². The summed E-state index contributed by atoms with van der Waals surface area (Å²) in [6.07, 6.45) is 0. The molecule has 0 fully saturated rings. The van der Waals surface area contributed by atoms with Crippen molar-refractivity contribution in [2.75, 3.05) is 12.3 Å². The van der Waals surface area contributed by atoms with Crippen LogP contribution in [0.15, 0.2) is 30.3 Å². The van der Waals surface area contributed by atoms with Gasteiger partial charge in [-0.05, 0) is 37.6 Å². The Hall–Kier alpha value is -1.94. The van der Waals surface area contributed by atoms with E-state index in [0.29, 0.717) is 34.8 Å².